The van der Waals surface area contributed by atoms with E-state index in [1.807, 2.05) is 26.8 Å². The second kappa shape index (κ2) is 6.11. The van der Waals surface area contributed by atoms with Gasteiger partial charge in [0, 0.05) is 17.8 Å². The summed E-state index contributed by atoms with van der Waals surface area (Å²) < 4.78 is 5.22. The normalized spacial score (nSPS) is 18.9. The van der Waals surface area contributed by atoms with E-state index in [1.165, 1.54) is 0 Å². The van der Waals surface area contributed by atoms with Gasteiger partial charge in [0.05, 0.1) is 25.9 Å². The van der Waals surface area contributed by atoms with Crippen LogP contribution in [0.2, 0.25) is 0 Å². The van der Waals surface area contributed by atoms with Gasteiger partial charge in [0.25, 0.3) is 0 Å². The minimum absolute atomic E-state index is 0.0426. The Morgan fingerprint density at radius 3 is 2.76 bits per heavy atom. The number of nitrogens with zero attached hydrogens (tertiary/aromatic N) is 2. The molecule has 1 unspecified atom stereocenters. The number of carbonyl (C=O) groups excluding carboxylic acids is 2. The Bertz CT molecular complexity index is 557. The van der Waals surface area contributed by atoms with E-state index in [-0.39, 0.29) is 24.3 Å². The van der Waals surface area contributed by atoms with Crippen LogP contribution in [0.25, 0.3) is 0 Å². The van der Waals surface area contributed by atoms with Crippen LogP contribution in [-0.2, 0) is 16.1 Å². The van der Waals surface area contributed by atoms with E-state index < -0.39 is 6.04 Å². The van der Waals surface area contributed by atoms with Gasteiger partial charge >= 0.3 is 0 Å². The van der Waals surface area contributed by atoms with Crippen molar-refractivity contribution in [2.75, 3.05) is 13.7 Å². The molecule has 1 aromatic heterocycles. The molecular formula is C15H21N3O3. The van der Waals surface area contributed by atoms with Crippen LogP contribution in [-0.4, -0.2) is 41.4 Å². The summed E-state index contributed by atoms with van der Waals surface area (Å²) in [4.78, 5) is 30.2. The SMILES string of the molecule is COc1cc(C)nc(CN2C(=O)CNC(=O)C2C(C)C)c1. The summed E-state index contributed by atoms with van der Waals surface area (Å²) in [5.74, 6) is 0.549. The molecule has 1 aliphatic rings. The average molecular weight is 291 g/mol. The second-order valence-corrected chi connectivity index (χ2v) is 5.57. The summed E-state index contributed by atoms with van der Waals surface area (Å²) >= 11 is 0. The maximum Gasteiger partial charge on any atom is 0.243 e. The van der Waals surface area contributed by atoms with E-state index in [9.17, 15) is 9.59 Å². The van der Waals surface area contributed by atoms with Gasteiger partial charge in [0.1, 0.15) is 11.8 Å². The van der Waals surface area contributed by atoms with Crippen LogP contribution in [0.5, 0.6) is 5.75 Å². The number of hydrogen-bond acceptors (Lipinski definition) is 4. The number of methoxy groups -OCH3 is 1. The minimum atomic E-state index is -0.459. The standard InChI is InChI=1S/C15H21N3O3/c1-9(2)14-15(20)16-7-13(19)18(14)8-11-6-12(21-4)5-10(3)17-11/h5-6,9,14H,7-8H2,1-4H3,(H,16,20). The van der Waals surface area contributed by atoms with Crippen molar-refractivity contribution in [3.05, 3.63) is 23.5 Å². The molecule has 1 N–H and O–H groups in total. The van der Waals surface area contributed by atoms with Gasteiger partial charge in [-0.25, -0.2) is 0 Å². The molecule has 1 fully saturated rings. The summed E-state index contributed by atoms with van der Waals surface area (Å²) in [7, 11) is 1.59. The first-order valence-corrected chi connectivity index (χ1v) is 7.01. The molecule has 1 aliphatic heterocycles. The Morgan fingerprint density at radius 2 is 2.14 bits per heavy atom. The second-order valence-electron chi connectivity index (χ2n) is 5.57. The molecule has 0 aliphatic carbocycles. The van der Waals surface area contributed by atoms with Crippen LogP contribution in [0.1, 0.15) is 25.2 Å². The van der Waals surface area contributed by atoms with Crippen molar-refractivity contribution in [2.24, 2.45) is 5.92 Å². The molecule has 0 aromatic carbocycles. The lowest BCUT2D eigenvalue weighted by Crippen LogP contribution is -2.59. The molecule has 1 saturated heterocycles. The third-order valence-electron chi connectivity index (χ3n) is 3.52. The van der Waals surface area contributed by atoms with Gasteiger partial charge in [-0.1, -0.05) is 13.8 Å². The van der Waals surface area contributed by atoms with E-state index in [0.717, 1.165) is 11.4 Å². The number of amides is 2. The number of aromatic nitrogens is 1. The quantitative estimate of drug-likeness (QED) is 0.894. The molecule has 21 heavy (non-hydrogen) atoms. The van der Waals surface area contributed by atoms with Crippen molar-refractivity contribution in [1.82, 2.24) is 15.2 Å². The summed E-state index contributed by atoms with van der Waals surface area (Å²) in [6.45, 7) is 6.09. The molecule has 1 atom stereocenters. The van der Waals surface area contributed by atoms with E-state index in [2.05, 4.69) is 10.3 Å². The molecule has 2 amide bonds. The number of nitrogens with one attached hydrogen (secondary N) is 1. The minimum Gasteiger partial charge on any atom is -0.497 e. The molecule has 114 valence electrons. The lowest BCUT2D eigenvalue weighted by Gasteiger charge is -2.37. The highest BCUT2D eigenvalue weighted by Crippen LogP contribution is 2.20. The largest absolute Gasteiger partial charge is 0.497 e. The van der Waals surface area contributed by atoms with Crippen molar-refractivity contribution in [2.45, 2.75) is 33.4 Å². The van der Waals surface area contributed by atoms with Gasteiger partial charge in [-0.05, 0) is 12.8 Å². The van der Waals surface area contributed by atoms with E-state index in [1.54, 1.807) is 18.1 Å². The Labute approximate surface area is 124 Å². The fourth-order valence-corrected chi connectivity index (χ4v) is 2.59. The Hall–Kier alpha value is -2.11. The average Bonchev–Trinajstić information content (AvgIpc) is 2.41. The lowest BCUT2D eigenvalue weighted by molar-refractivity contribution is -0.148. The molecule has 1 aromatic rings. The van der Waals surface area contributed by atoms with Crippen LogP contribution >= 0.6 is 0 Å². The molecule has 2 heterocycles. The third kappa shape index (κ3) is 3.32. The maximum atomic E-state index is 12.2. The molecular weight excluding hydrogens is 270 g/mol. The van der Waals surface area contributed by atoms with Gasteiger partial charge in [0.2, 0.25) is 11.8 Å². The molecule has 0 bridgehead atoms. The smallest absolute Gasteiger partial charge is 0.243 e. The molecule has 2 rings (SSSR count). The van der Waals surface area contributed by atoms with Gasteiger partial charge in [-0.3, -0.25) is 14.6 Å². The van der Waals surface area contributed by atoms with Gasteiger partial charge < -0.3 is 15.0 Å². The first kappa shape index (κ1) is 15.3. The van der Waals surface area contributed by atoms with Gasteiger partial charge in [0.15, 0.2) is 0 Å². The van der Waals surface area contributed by atoms with E-state index >= 15 is 0 Å². The van der Waals surface area contributed by atoms with Gasteiger partial charge in [-0.15, -0.1) is 0 Å². The summed E-state index contributed by atoms with van der Waals surface area (Å²) in [5, 5.41) is 2.64. The predicted molar refractivity (Wildman–Crippen MR) is 77.7 cm³/mol. The number of pyridine rings is 1. The zero-order chi connectivity index (χ0) is 15.6. The highest BCUT2D eigenvalue weighted by atomic mass is 16.5. The topological polar surface area (TPSA) is 71.5 Å². The van der Waals surface area contributed by atoms with Crippen molar-refractivity contribution < 1.29 is 14.3 Å². The van der Waals surface area contributed by atoms with Crippen LogP contribution in [0, 0.1) is 12.8 Å². The van der Waals surface area contributed by atoms with Crippen LogP contribution in [0.3, 0.4) is 0 Å². The first-order chi connectivity index (χ1) is 9.92. The van der Waals surface area contributed by atoms with Crippen molar-refractivity contribution in [3.63, 3.8) is 0 Å². The lowest BCUT2D eigenvalue weighted by atomic mass is 9.99. The van der Waals surface area contributed by atoms with Crippen molar-refractivity contribution in [1.29, 1.82) is 0 Å². The van der Waals surface area contributed by atoms with Crippen molar-refractivity contribution >= 4 is 11.8 Å². The van der Waals surface area contributed by atoms with Crippen LogP contribution in [0.4, 0.5) is 0 Å². The number of ether oxygens (including phenoxy) is 1. The van der Waals surface area contributed by atoms with Crippen LogP contribution < -0.4 is 10.1 Å². The fourth-order valence-electron chi connectivity index (χ4n) is 2.59. The molecule has 0 radical (unpaired) electrons. The predicted octanol–water partition coefficient (Wildman–Crippen LogP) is 0.882. The summed E-state index contributed by atoms with van der Waals surface area (Å²) in [6, 6.07) is 3.16. The molecule has 6 heteroatoms. The highest BCUT2D eigenvalue weighted by molar-refractivity contribution is 5.94. The number of rotatable bonds is 4. The monoisotopic (exact) mass is 291 g/mol. The molecule has 6 nitrogen and oxygen atoms in total. The van der Waals surface area contributed by atoms with Gasteiger partial charge in [-0.2, -0.15) is 0 Å². The van der Waals surface area contributed by atoms with Crippen molar-refractivity contribution in [3.8, 4) is 5.75 Å². The summed E-state index contributed by atoms with van der Waals surface area (Å²) in [5.41, 5.74) is 1.54. The first-order valence-electron chi connectivity index (χ1n) is 7.01. The number of hydrogen-bond donors (Lipinski definition) is 1. The van der Waals surface area contributed by atoms with E-state index in [4.69, 9.17) is 4.74 Å². The molecule has 0 spiro atoms. The highest BCUT2D eigenvalue weighted by Gasteiger charge is 2.36. The Kier molecular flexibility index (Phi) is 4.45. The summed E-state index contributed by atoms with van der Waals surface area (Å²) in [6.07, 6.45) is 0. The number of piperazine rings is 1. The van der Waals surface area contributed by atoms with E-state index in [0.29, 0.717) is 12.3 Å². The number of carbonyl (C=O) groups is 2. The zero-order valence-corrected chi connectivity index (χ0v) is 12.8. The molecule has 0 saturated carbocycles. The number of aryl methyl sites for hydroxylation is 1. The maximum absolute atomic E-state index is 12.2. The fraction of sp³-hybridized carbons (Fsp3) is 0.533. The van der Waals surface area contributed by atoms with Crippen LogP contribution in [0.15, 0.2) is 12.1 Å². The zero-order valence-electron chi connectivity index (χ0n) is 12.8. The third-order valence-corrected chi connectivity index (χ3v) is 3.52. The Balaban J connectivity index is 2.28. The Morgan fingerprint density at radius 1 is 1.43 bits per heavy atom.